The molecule has 0 saturated carbocycles. The number of carbonyl (C=O) groups is 1. The van der Waals surface area contributed by atoms with Gasteiger partial charge in [0.05, 0.1) is 6.10 Å². The Hall–Kier alpha value is -0.996. The van der Waals surface area contributed by atoms with Gasteiger partial charge in [0.25, 0.3) is 0 Å². The van der Waals surface area contributed by atoms with Crippen molar-refractivity contribution in [3.63, 3.8) is 0 Å². The van der Waals surface area contributed by atoms with Gasteiger partial charge in [0.2, 0.25) is 5.91 Å². The van der Waals surface area contributed by atoms with Gasteiger partial charge in [-0.3, -0.25) is 4.79 Å². The Morgan fingerprint density at radius 3 is 1.89 bits per heavy atom. The fourth-order valence-corrected chi connectivity index (χ4v) is 5.69. The molecular weight excluding hydrogens is 482 g/mol. The van der Waals surface area contributed by atoms with E-state index in [4.69, 9.17) is 13.6 Å². The summed E-state index contributed by atoms with van der Waals surface area (Å²) in [5.41, 5.74) is 1.04. The van der Waals surface area contributed by atoms with Gasteiger partial charge in [0, 0.05) is 20.1 Å². The van der Waals surface area contributed by atoms with Gasteiger partial charge in [-0.2, -0.15) is 0 Å². The number of amides is 1. The Bertz CT molecular complexity index is 733. The lowest BCUT2D eigenvalue weighted by molar-refractivity contribution is -0.121. The summed E-state index contributed by atoms with van der Waals surface area (Å²) in [4.78, 5) is 12.3. The highest BCUT2D eigenvalue weighted by atomic mass is 28.4. The van der Waals surface area contributed by atoms with E-state index in [0.29, 0.717) is 13.0 Å². The van der Waals surface area contributed by atoms with Crippen LogP contribution in [0.15, 0.2) is 37.0 Å². The molecule has 0 spiro atoms. The van der Waals surface area contributed by atoms with E-state index in [1.807, 2.05) is 19.1 Å². The third-order valence-corrected chi connectivity index (χ3v) is 16.6. The lowest BCUT2D eigenvalue weighted by Gasteiger charge is -2.46. The van der Waals surface area contributed by atoms with Crippen LogP contribution in [0.25, 0.3) is 0 Å². The van der Waals surface area contributed by atoms with Crippen LogP contribution in [0.4, 0.5) is 0 Å². The Morgan fingerprint density at radius 1 is 0.917 bits per heavy atom. The number of nitrogens with one attached hydrogen (secondary N) is 1. The van der Waals surface area contributed by atoms with Gasteiger partial charge in [0.1, 0.15) is 12.2 Å². The number of ether oxygens (including phenoxy) is 1. The summed E-state index contributed by atoms with van der Waals surface area (Å²) < 4.78 is 19.8. The van der Waals surface area contributed by atoms with Crippen LogP contribution < -0.4 is 5.32 Å². The van der Waals surface area contributed by atoms with Crippen LogP contribution >= 0.6 is 0 Å². The molecule has 0 aromatic carbocycles. The number of carbonyl (C=O) groups excluding carboxylic acids is 1. The molecule has 0 heterocycles. The van der Waals surface area contributed by atoms with Crippen molar-refractivity contribution in [1.29, 1.82) is 0 Å². The van der Waals surface area contributed by atoms with Crippen LogP contribution in [0.3, 0.4) is 0 Å². The maximum Gasteiger partial charge on any atom is 0.220 e. The first kappa shape index (κ1) is 35.0. The average molecular weight is 540 g/mol. The van der Waals surface area contributed by atoms with Crippen LogP contribution in [0.5, 0.6) is 0 Å². The summed E-state index contributed by atoms with van der Waals surface area (Å²) in [5.74, 6) is 0.0728. The van der Waals surface area contributed by atoms with E-state index in [0.717, 1.165) is 24.8 Å². The van der Waals surface area contributed by atoms with Crippen molar-refractivity contribution >= 4 is 22.5 Å². The third-order valence-electron chi connectivity index (χ3n) is 7.70. The molecule has 0 saturated heterocycles. The minimum Gasteiger partial charge on any atom is -0.408 e. The molecule has 0 aliphatic carbocycles. The van der Waals surface area contributed by atoms with Crippen molar-refractivity contribution in [2.24, 2.45) is 0 Å². The zero-order valence-electron chi connectivity index (χ0n) is 25.5. The molecule has 0 unspecified atom stereocenters. The first-order valence-corrected chi connectivity index (χ1v) is 19.2. The first-order valence-electron chi connectivity index (χ1n) is 13.4. The molecule has 1 amide bonds. The molecule has 210 valence electrons. The molecule has 0 fully saturated rings. The second-order valence-electron chi connectivity index (χ2n) is 12.9. The van der Waals surface area contributed by atoms with Gasteiger partial charge in [-0.1, -0.05) is 65.3 Å². The van der Waals surface area contributed by atoms with Crippen LogP contribution in [-0.4, -0.2) is 54.5 Å². The summed E-state index contributed by atoms with van der Waals surface area (Å²) in [6.07, 6.45) is 8.18. The monoisotopic (exact) mass is 539 g/mol. The van der Waals surface area contributed by atoms with Gasteiger partial charge in [-0.15, -0.1) is 13.2 Å². The first-order chi connectivity index (χ1) is 16.3. The van der Waals surface area contributed by atoms with Crippen molar-refractivity contribution in [2.75, 3.05) is 13.7 Å². The number of hydrogen-bond donors (Lipinski definition) is 1. The number of methoxy groups -OCH3 is 1. The summed E-state index contributed by atoms with van der Waals surface area (Å²) in [5, 5.41) is 3.13. The average Bonchev–Trinajstić information content (AvgIpc) is 2.73. The minimum absolute atomic E-state index is 0.0323. The number of hydrogen-bond acceptors (Lipinski definition) is 4. The molecule has 0 aliphatic rings. The second-order valence-corrected chi connectivity index (χ2v) is 22.5. The Labute approximate surface area is 225 Å². The predicted molar refractivity (Wildman–Crippen MR) is 161 cm³/mol. The van der Waals surface area contributed by atoms with Crippen LogP contribution in [-0.2, 0) is 18.4 Å². The lowest BCUT2D eigenvalue weighted by atomic mass is 10.1. The summed E-state index contributed by atoms with van der Waals surface area (Å²) in [6, 6.07) is 0. The molecule has 0 aromatic heterocycles. The van der Waals surface area contributed by atoms with Crippen molar-refractivity contribution in [3.05, 3.63) is 37.0 Å². The minimum atomic E-state index is -2.16. The highest BCUT2D eigenvalue weighted by Crippen LogP contribution is 2.41. The number of rotatable bonds is 16. The normalized spacial score (nSPS) is 16.3. The fraction of sp³-hybridized carbons (Fsp3) is 0.759. The van der Waals surface area contributed by atoms with E-state index in [9.17, 15) is 4.79 Å². The quantitative estimate of drug-likeness (QED) is 0.124. The van der Waals surface area contributed by atoms with Crippen LogP contribution in [0.2, 0.25) is 36.3 Å². The number of unbranched alkanes of at least 4 members (excludes halogenated alkanes) is 2. The van der Waals surface area contributed by atoms with Gasteiger partial charge in [0.15, 0.2) is 16.6 Å². The zero-order valence-corrected chi connectivity index (χ0v) is 27.5. The maximum absolute atomic E-state index is 12.3. The van der Waals surface area contributed by atoms with E-state index < -0.39 is 16.6 Å². The molecule has 5 nitrogen and oxygen atoms in total. The van der Waals surface area contributed by atoms with Crippen molar-refractivity contribution in [3.8, 4) is 0 Å². The molecule has 1 N–H and O–H groups in total. The van der Waals surface area contributed by atoms with Gasteiger partial charge in [-0.25, -0.2) is 0 Å². The maximum atomic E-state index is 12.3. The molecule has 7 heteroatoms. The van der Waals surface area contributed by atoms with Crippen molar-refractivity contribution < 1.29 is 18.4 Å². The molecular formula is C29H57NO4Si2. The van der Waals surface area contributed by atoms with Gasteiger partial charge < -0.3 is 18.9 Å². The van der Waals surface area contributed by atoms with E-state index in [1.165, 1.54) is 0 Å². The number of allylic oxidation sites excluding steroid dienone is 1. The fourth-order valence-electron chi connectivity index (χ4n) is 3.16. The van der Waals surface area contributed by atoms with Crippen LogP contribution in [0.1, 0.15) is 74.1 Å². The summed E-state index contributed by atoms with van der Waals surface area (Å²) >= 11 is 0. The molecule has 0 aromatic rings. The highest BCUT2D eigenvalue weighted by Gasteiger charge is 2.46. The summed E-state index contributed by atoms with van der Waals surface area (Å²) in [7, 11) is -2.61. The van der Waals surface area contributed by atoms with Gasteiger partial charge in [-0.05, 0) is 62.5 Å². The molecule has 0 aliphatic heterocycles. The van der Waals surface area contributed by atoms with E-state index in [1.54, 1.807) is 7.11 Å². The SMILES string of the molecule is C=CCCCCC(=O)NC/C(C)=C\[C@@H](O[Si](C)(C)C(C)(C)C)[C@H](O[Si](C)(C)C(C)(C)C)[C@H](C=C)OC. The topological polar surface area (TPSA) is 56.8 Å². The standard InChI is InChI=1S/C29H57NO4Si2/c1-15-17-18-19-20-26(31)30-22-23(3)21-25(33-35(11,12)28(4,5)6)27(24(16-2)32-10)34-36(13,14)29(7,8)9/h15-16,21,24-25,27H,1-2,17-20,22H2,3-14H3,(H,30,31)/b23-21-/t24-,25+,27+/m0/s1. The highest BCUT2D eigenvalue weighted by molar-refractivity contribution is 6.74. The van der Waals surface area contributed by atoms with E-state index >= 15 is 0 Å². The largest absolute Gasteiger partial charge is 0.408 e. The molecule has 0 radical (unpaired) electrons. The molecule has 36 heavy (non-hydrogen) atoms. The second kappa shape index (κ2) is 14.8. The Kier molecular flexibility index (Phi) is 14.4. The lowest BCUT2D eigenvalue weighted by Crippen LogP contribution is -2.55. The Morgan fingerprint density at radius 2 is 1.44 bits per heavy atom. The smallest absolute Gasteiger partial charge is 0.220 e. The van der Waals surface area contributed by atoms with Gasteiger partial charge >= 0.3 is 0 Å². The zero-order chi connectivity index (χ0) is 28.4. The third kappa shape index (κ3) is 11.6. The van der Waals surface area contributed by atoms with Crippen molar-refractivity contribution in [2.45, 2.75) is 129 Å². The Balaban J connectivity index is 6.11. The van der Waals surface area contributed by atoms with E-state index in [2.05, 4.69) is 92.3 Å². The van der Waals surface area contributed by atoms with E-state index in [-0.39, 0.29) is 34.3 Å². The predicted octanol–water partition coefficient (Wildman–Crippen LogP) is 7.78. The van der Waals surface area contributed by atoms with Crippen molar-refractivity contribution in [1.82, 2.24) is 5.32 Å². The molecule has 3 atom stereocenters. The van der Waals surface area contributed by atoms with Crippen LogP contribution in [0, 0.1) is 0 Å². The summed E-state index contributed by atoms with van der Waals surface area (Å²) in [6.45, 7) is 32.8. The molecule has 0 bridgehead atoms. The molecule has 0 rings (SSSR count).